The van der Waals surface area contributed by atoms with Gasteiger partial charge in [0, 0.05) is 29.4 Å². The Morgan fingerprint density at radius 1 is 0.844 bits per heavy atom. The highest BCUT2D eigenvalue weighted by molar-refractivity contribution is 6.42. The molecular weight excluding hydrogens is 443 g/mol. The third-order valence-corrected chi connectivity index (χ3v) is 5.77. The third kappa shape index (κ3) is 5.36. The van der Waals surface area contributed by atoms with E-state index in [2.05, 4.69) is 34.0 Å². The van der Waals surface area contributed by atoms with Crippen LogP contribution in [0, 0.1) is 0 Å². The molecule has 2 heterocycles. The molecule has 0 spiro atoms. The maximum absolute atomic E-state index is 6.15. The topological polar surface area (TPSA) is 73.9 Å². The SMILES string of the molecule is CCc1ccc(CCOc2ccc(-c3cc(-c4ccc(Cl)c(Cl)c4)nc(N)n3)cc2)nc1. The Labute approximate surface area is 197 Å². The number of ether oxygens (including phenoxy) is 1. The molecule has 0 atom stereocenters. The molecule has 0 aliphatic rings. The molecular formula is C25H22Cl2N4O. The van der Waals surface area contributed by atoms with Crippen molar-refractivity contribution in [3.63, 3.8) is 0 Å². The molecule has 0 saturated heterocycles. The largest absolute Gasteiger partial charge is 0.493 e. The minimum Gasteiger partial charge on any atom is -0.493 e. The number of pyridine rings is 1. The molecule has 2 aromatic heterocycles. The van der Waals surface area contributed by atoms with Crippen molar-refractivity contribution in [2.24, 2.45) is 0 Å². The number of anilines is 1. The molecule has 2 N–H and O–H groups in total. The Morgan fingerprint density at radius 3 is 2.22 bits per heavy atom. The summed E-state index contributed by atoms with van der Waals surface area (Å²) in [7, 11) is 0. The molecule has 4 aromatic rings. The number of aryl methyl sites for hydroxylation is 1. The fraction of sp³-hybridized carbons (Fsp3) is 0.160. The van der Waals surface area contributed by atoms with E-state index in [1.165, 1.54) is 5.56 Å². The van der Waals surface area contributed by atoms with Crippen LogP contribution in [-0.2, 0) is 12.8 Å². The van der Waals surface area contributed by atoms with Crippen molar-refractivity contribution in [2.45, 2.75) is 19.8 Å². The molecule has 5 nitrogen and oxygen atoms in total. The lowest BCUT2D eigenvalue weighted by Crippen LogP contribution is -2.03. The van der Waals surface area contributed by atoms with Crippen molar-refractivity contribution < 1.29 is 4.74 Å². The number of nitrogens with zero attached hydrogens (tertiary/aromatic N) is 3. The second-order valence-electron chi connectivity index (χ2n) is 7.26. The summed E-state index contributed by atoms with van der Waals surface area (Å²) in [6, 6.07) is 19.1. The molecule has 0 aliphatic carbocycles. The normalized spacial score (nSPS) is 10.8. The summed E-state index contributed by atoms with van der Waals surface area (Å²) in [5.74, 6) is 0.969. The van der Waals surface area contributed by atoms with Crippen LogP contribution < -0.4 is 10.5 Å². The van der Waals surface area contributed by atoms with Gasteiger partial charge in [-0.25, -0.2) is 9.97 Å². The standard InChI is InChI=1S/C25H22Cl2N4O/c1-2-16-3-7-19(29-15-16)11-12-32-20-8-4-17(5-9-20)23-14-24(31-25(28)30-23)18-6-10-21(26)22(27)13-18/h3-10,13-15H,2,11-12H2,1H3,(H2,28,30,31). The van der Waals surface area contributed by atoms with Crippen molar-refractivity contribution in [1.29, 1.82) is 0 Å². The highest BCUT2D eigenvalue weighted by atomic mass is 35.5. The second kappa shape index (κ2) is 9.98. The number of nitrogens with two attached hydrogens (primary N) is 1. The van der Waals surface area contributed by atoms with Crippen LogP contribution in [0.15, 0.2) is 66.9 Å². The Morgan fingerprint density at radius 2 is 1.56 bits per heavy atom. The van der Waals surface area contributed by atoms with E-state index < -0.39 is 0 Å². The Bertz CT molecular complexity index is 1210. The summed E-state index contributed by atoms with van der Waals surface area (Å²) < 4.78 is 5.87. The predicted molar refractivity (Wildman–Crippen MR) is 130 cm³/mol. The average molecular weight is 465 g/mol. The molecule has 0 bridgehead atoms. The number of hydrogen-bond acceptors (Lipinski definition) is 5. The first-order valence-electron chi connectivity index (χ1n) is 10.3. The zero-order valence-electron chi connectivity index (χ0n) is 17.6. The van der Waals surface area contributed by atoms with Crippen molar-refractivity contribution in [1.82, 2.24) is 15.0 Å². The van der Waals surface area contributed by atoms with Crippen molar-refractivity contribution in [3.8, 4) is 28.3 Å². The number of aromatic nitrogens is 3. The van der Waals surface area contributed by atoms with E-state index in [0.717, 1.165) is 35.4 Å². The van der Waals surface area contributed by atoms with Crippen LogP contribution in [0.4, 0.5) is 5.95 Å². The third-order valence-electron chi connectivity index (χ3n) is 5.03. The van der Waals surface area contributed by atoms with Gasteiger partial charge in [-0.3, -0.25) is 4.98 Å². The minimum absolute atomic E-state index is 0.186. The van der Waals surface area contributed by atoms with Crippen LogP contribution in [-0.4, -0.2) is 21.6 Å². The van der Waals surface area contributed by atoms with E-state index in [1.807, 2.05) is 42.6 Å². The van der Waals surface area contributed by atoms with Gasteiger partial charge in [0.1, 0.15) is 5.75 Å². The van der Waals surface area contributed by atoms with Gasteiger partial charge in [-0.15, -0.1) is 0 Å². The van der Waals surface area contributed by atoms with Crippen molar-refractivity contribution in [3.05, 3.63) is 88.2 Å². The highest BCUT2D eigenvalue weighted by Crippen LogP contribution is 2.30. The van der Waals surface area contributed by atoms with Crippen molar-refractivity contribution >= 4 is 29.2 Å². The van der Waals surface area contributed by atoms with Gasteiger partial charge in [0.15, 0.2) is 0 Å². The number of halogens is 2. The number of benzene rings is 2. The first-order valence-corrected chi connectivity index (χ1v) is 11.0. The summed E-state index contributed by atoms with van der Waals surface area (Å²) in [5, 5.41) is 0.947. The minimum atomic E-state index is 0.186. The van der Waals surface area contributed by atoms with Gasteiger partial charge < -0.3 is 10.5 Å². The smallest absolute Gasteiger partial charge is 0.221 e. The average Bonchev–Trinajstić information content (AvgIpc) is 2.81. The van der Waals surface area contributed by atoms with E-state index in [-0.39, 0.29) is 5.95 Å². The highest BCUT2D eigenvalue weighted by Gasteiger charge is 2.09. The molecule has 162 valence electrons. The zero-order chi connectivity index (χ0) is 22.5. The van der Waals surface area contributed by atoms with E-state index >= 15 is 0 Å². The Hall–Kier alpha value is -3.15. The molecule has 0 amide bonds. The number of nitrogen functional groups attached to an aromatic ring is 1. The monoisotopic (exact) mass is 464 g/mol. The fourth-order valence-corrected chi connectivity index (χ4v) is 3.52. The maximum Gasteiger partial charge on any atom is 0.221 e. The molecule has 7 heteroatoms. The van der Waals surface area contributed by atoms with Gasteiger partial charge in [0.25, 0.3) is 0 Å². The molecule has 0 saturated carbocycles. The molecule has 2 aromatic carbocycles. The van der Waals surface area contributed by atoms with Gasteiger partial charge in [-0.05, 0) is 60.5 Å². The quantitative estimate of drug-likeness (QED) is 0.348. The zero-order valence-corrected chi connectivity index (χ0v) is 19.1. The Balaban J connectivity index is 1.45. The van der Waals surface area contributed by atoms with Gasteiger partial charge in [-0.2, -0.15) is 0 Å². The lowest BCUT2D eigenvalue weighted by Gasteiger charge is -2.09. The van der Waals surface area contributed by atoms with E-state index in [4.69, 9.17) is 33.7 Å². The summed E-state index contributed by atoms with van der Waals surface area (Å²) in [6.07, 6.45) is 3.66. The van der Waals surface area contributed by atoms with Crippen LogP contribution in [0.3, 0.4) is 0 Å². The lowest BCUT2D eigenvalue weighted by atomic mass is 10.1. The summed E-state index contributed by atoms with van der Waals surface area (Å²) in [6.45, 7) is 2.67. The molecule has 32 heavy (non-hydrogen) atoms. The summed E-state index contributed by atoms with van der Waals surface area (Å²) in [4.78, 5) is 13.2. The van der Waals surface area contributed by atoms with Crippen LogP contribution >= 0.6 is 23.2 Å². The van der Waals surface area contributed by atoms with Gasteiger partial charge in [0.2, 0.25) is 5.95 Å². The summed E-state index contributed by atoms with van der Waals surface area (Å²) in [5.41, 5.74) is 11.3. The van der Waals surface area contributed by atoms with Gasteiger partial charge >= 0.3 is 0 Å². The molecule has 4 rings (SSSR count). The van der Waals surface area contributed by atoms with Gasteiger partial charge in [0.05, 0.1) is 28.0 Å². The molecule has 0 radical (unpaired) electrons. The molecule has 0 aliphatic heterocycles. The maximum atomic E-state index is 6.15. The first-order chi connectivity index (χ1) is 15.5. The second-order valence-corrected chi connectivity index (χ2v) is 8.07. The van der Waals surface area contributed by atoms with Gasteiger partial charge in [-0.1, -0.05) is 42.3 Å². The van der Waals surface area contributed by atoms with Crippen LogP contribution in [0.1, 0.15) is 18.2 Å². The Kier molecular flexibility index (Phi) is 6.88. The van der Waals surface area contributed by atoms with Crippen LogP contribution in [0.2, 0.25) is 10.0 Å². The molecule has 0 unspecified atom stereocenters. The first kappa shape index (κ1) is 22.1. The van der Waals surface area contributed by atoms with Crippen molar-refractivity contribution in [2.75, 3.05) is 12.3 Å². The fourth-order valence-electron chi connectivity index (χ4n) is 3.22. The van der Waals surface area contributed by atoms with Crippen LogP contribution in [0.25, 0.3) is 22.5 Å². The van der Waals surface area contributed by atoms with E-state index in [1.54, 1.807) is 12.1 Å². The number of rotatable bonds is 7. The predicted octanol–water partition coefficient (Wildman–Crippen LogP) is 6.28. The van der Waals surface area contributed by atoms with E-state index in [9.17, 15) is 0 Å². The molecule has 0 fully saturated rings. The lowest BCUT2D eigenvalue weighted by molar-refractivity contribution is 0.320. The number of hydrogen-bond donors (Lipinski definition) is 1. The van der Waals surface area contributed by atoms with E-state index in [0.29, 0.717) is 28.0 Å². The summed E-state index contributed by atoms with van der Waals surface area (Å²) >= 11 is 12.2. The van der Waals surface area contributed by atoms with Crippen LogP contribution in [0.5, 0.6) is 5.75 Å².